The molecule has 2 aromatic rings. The average molecular weight is 487 g/mol. The number of benzene rings is 1. The second-order valence-electron chi connectivity index (χ2n) is 8.18. The van der Waals surface area contributed by atoms with Gasteiger partial charge in [0.05, 0.1) is 25.3 Å². The van der Waals surface area contributed by atoms with Crippen LogP contribution in [-0.2, 0) is 25.7 Å². The second kappa shape index (κ2) is 12.0. The van der Waals surface area contributed by atoms with E-state index in [1.807, 2.05) is 24.3 Å². The van der Waals surface area contributed by atoms with Crippen molar-refractivity contribution < 1.29 is 23.8 Å². The summed E-state index contributed by atoms with van der Waals surface area (Å²) in [5, 5.41) is 0.261. The summed E-state index contributed by atoms with van der Waals surface area (Å²) in [4.78, 5) is 32.4. The van der Waals surface area contributed by atoms with Gasteiger partial charge >= 0.3 is 5.97 Å². The smallest absolute Gasteiger partial charge is 0.336 e. The number of hydrogen-bond acceptors (Lipinski definition) is 6. The van der Waals surface area contributed by atoms with Crippen molar-refractivity contribution in [1.82, 2.24) is 9.88 Å². The van der Waals surface area contributed by atoms with Crippen LogP contribution in [0.5, 0.6) is 5.75 Å². The highest BCUT2D eigenvalue weighted by Crippen LogP contribution is 2.39. The maximum absolute atomic E-state index is 13.5. The van der Waals surface area contributed by atoms with Crippen molar-refractivity contribution in [2.75, 3.05) is 20.8 Å². The molecule has 0 aliphatic carbocycles. The van der Waals surface area contributed by atoms with E-state index in [4.69, 9.17) is 25.8 Å². The molecule has 1 amide bonds. The zero-order chi connectivity index (χ0) is 24.7. The van der Waals surface area contributed by atoms with Gasteiger partial charge in [-0.2, -0.15) is 0 Å². The normalized spacial score (nSPS) is 17.0. The first-order valence-corrected chi connectivity index (χ1v) is 11.7. The van der Waals surface area contributed by atoms with Crippen molar-refractivity contribution in [2.45, 2.75) is 51.7 Å². The molecule has 7 nitrogen and oxygen atoms in total. The molecule has 1 aromatic carbocycles. The number of ether oxygens (including phenoxy) is 3. The quantitative estimate of drug-likeness (QED) is 0.351. The molecule has 0 fully saturated rings. The van der Waals surface area contributed by atoms with Gasteiger partial charge < -0.3 is 19.1 Å². The van der Waals surface area contributed by atoms with Crippen molar-refractivity contribution in [3.8, 4) is 5.75 Å². The van der Waals surface area contributed by atoms with E-state index in [-0.39, 0.29) is 30.2 Å². The standard InChI is InChI=1S/C26H31ClN2O5/c1-5-9-19(32-3)15-29-17(2)24(21(14-23(29)30)20-11-8-13-28-25(20)27)26(31)34-16-18-10-6-7-12-22(18)33-4/h6-8,10-13,19,21H,5,9,14-16H2,1-4H3/t19-,21+/m0/s1. The first-order valence-electron chi connectivity index (χ1n) is 11.3. The summed E-state index contributed by atoms with van der Waals surface area (Å²) < 4.78 is 16.7. The molecule has 8 heteroatoms. The number of pyridine rings is 1. The Morgan fingerprint density at radius 1 is 1.24 bits per heavy atom. The highest BCUT2D eigenvalue weighted by Gasteiger charge is 2.38. The first kappa shape index (κ1) is 25.7. The Morgan fingerprint density at radius 3 is 2.68 bits per heavy atom. The number of carbonyl (C=O) groups is 2. The van der Waals surface area contributed by atoms with Crippen LogP contribution in [0.1, 0.15) is 50.2 Å². The maximum atomic E-state index is 13.5. The fourth-order valence-corrected chi connectivity index (χ4v) is 4.53. The lowest BCUT2D eigenvalue weighted by molar-refractivity contribution is -0.141. The molecule has 0 radical (unpaired) electrons. The van der Waals surface area contributed by atoms with Gasteiger partial charge in [0.25, 0.3) is 0 Å². The Morgan fingerprint density at radius 2 is 2.00 bits per heavy atom. The molecule has 0 N–H and O–H groups in total. The van der Waals surface area contributed by atoms with Gasteiger partial charge in [-0.1, -0.05) is 49.2 Å². The lowest BCUT2D eigenvalue weighted by Crippen LogP contribution is -2.42. The number of esters is 1. The number of allylic oxidation sites excluding steroid dienone is 1. The summed E-state index contributed by atoms with van der Waals surface area (Å²) in [5.74, 6) is -0.518. The van der Waals surface area contributed by atoms with E-state index in [0.717, 1.165) is 18.4 Å². The maximum Gasteiger partial charge on any atom is 0.336 e. The highest BCUT2D eigenvalue weighted by atomic mass is 35.5. The van der Waals surface area contributed by atoms with Crippen LogP contribution in [0.4, 0.5) is 0 Å². The monoisotopic (exact) mass is 486 g/mol. The van der Waals surface area contributed by atoms with Gasteiger partial charge in [-0.3, -0.25) is 4.79 Å². The Kier molecular flexibility index (Phi) is 9.07. The Hall–Kier alpha value is -2.90. The lowest BCUT2D eigenvalue weighted by Gasteiger charge is -2.36. The second-order valence-corrected chi connectivity index (χ2v) is 8.54. The average Bonchev–Trinajstić information content (AvgIpc) is 2.84. The number of aromatic nitrogens is 1. The SMILES string of the molecule is CCC[C@@H](CN1C(=O)C[C@H](c2cccnc2Cl)C(C(=O)OCc2ccccc2OC)=C1C)OC. The summed E-state index contributed by atoms with van der Waals surface area (Å²) >= 11 is 6.37. The van der Waals surface area contributed by atoms with Gasteiger partial charge in [0.2, 0.25) is 5.91 Å². The predicted molar refractivity (Wildman–Crippen MR) is 130 cm³/mol. The molecule has 1 aliphatic heterocycles. The van der Waals surface area contributed by atoms with Crippen LogP contribution < -0.4 is 4.74 Å². The molecule has 1 aliphatic rings. The van der Waals surface area contributed by atoms with Gasteiger partial charge in [-0.05, 0) is 31.0 Å². The molecule has 0 unspecified atom stereocenters. The predicted octanol–water partition coefficient (Wildman–Crippen LogP) is 4.89. The first-order chi connectivity index (χ1) is 16.4. The van der Waals surface area contributed by atoms with Crippen molar-refractivity contribution in [1.29, 1.82) is 0 Å². The largest absolute Gasteiger partial charge is 0.496 e. The molecule has 2 atom stereocenters. The van der Waals surface area contributed by atoms with Crippen LogP contribution in [-0.4, -0.2) is 48.6 Å². The molecule has 0 bridgehead atoms. The zero-order valence-electron chi connectivity index (χ0n) is 20.0. The number of amides is 1. The summed E-state index contributed by atoms with van der Waals surface area (Å²) in [6, 6.07) is 10.9. The minimum absolute atomic E-state index is 0.0393. The summed E-state index contributed by atoms with van der Waals surface area (Å²) in [5.41, 5.74) is 2.32. The molecule has 0 saturated carbocycles. The number of rotatable bonds is 10. The van der Waals surface area contributed by atoms with E-state index in [9.17, 15) is 9.59 Å². The Bertz CT molecular complexity index is 1050. The summed E-state index contributed by atoms with van der Waals surface area (Å²) in [6.07, 6.45) is 3.26. The van der Waals surface area contributed by atoms with Gasteiger partial charge in [0.15, 0.2) is 0 Å². The van der Waals surface area contributed by atoms with Crippen molar-refractivity contribution >= 4 is 23.5 Å². The van der Waals surface area contributed by atoms with Crippen LogP contribution in [0.25, 0.3) is 0 Å². The van der Waals surface area contributed by atoms with Crippen LogP contribution in [0, 0.1) is 0 Å². The van der Waals surface area contributed by atoms with E-state index in [0.29, 0.717) is 29.1 Å². The number of methoxy groups -OCH3 is 2. The molecule has 0 spiro atoms. The highest BCUT2D eigenvalue weighted by molar-refractivity contribution is 6.30. The number of para-hydroxylation sites is 1. The van der Waals surface area contributed by atoms with Crippen molar-refractivity contribution in [2.24, 2.45) is 0 Å². The third kappa shape index (κ3) is 5.77. The molecule has 0 saturated heterocycles. The lowest BCUT2D eigenvalue weighted by atomic mass is 9.84. The van der Waals surface area contributed by atoms with Crippen molar-refractivity contribution in [3.05, 3.63) is 70.1 Å². The number of halogens is 1. The third-order valence-electron chi connectivity index (χ3n) is 6.09. The Labute approximate surface area is 205 Å². The fourth-order valence-electron chi connectivity index (χ4n) is 4.28. The van der Waals surface area contributed by atoms with Crippen LogP contribution >= 0.6 is 11.6 Å². The van der Waals surface area contributed by atoms with Gasteiger partial charge in [0, 0.05) is 36.9 Å². The fraction of sp³-hybridized carbons (Fsp3) is 0.423. The summed E-state index contributed by atoms with van der Waals surface area (Å²) in [6.45, 7) is 4.24. The summed E-state index contributed by atoms with van der Waals surface area (Å²) in [7, 11) is 3.20. The minimum atomic E-state index is -0.553. The molecule has 1 aromatic heterocycles. The van der Waals surface area contributed by atoms with E-state index >= 15 is 0 Å². The minimum Gasteiger partial charge on any atom is -0.496 e. The zero-order valence-corrected chi connectivity index (χ0v) is 20.8. The van der Waals surface area contributed by atoms with Crippen molar-refractivity contribution in [3.63, 3.8) is 0 Å². The van der Waals surface area contributed by atoms with Gasteiger partial charge in [-0.15, -0.1) is 0 Å². The number of nitrogens with zero attached hydrogens (tertiary/aromatic N) is 2. The molecule has 34 heavy (non-hydrogen) atoms. The Balaban J connectivity index is 1.97. The third-order valence-corrected chi connectivity index (χ3v) is 6.40. The molecular formula is C26H31ClN2O5. The topological polar surface area (TPSA) is 78.0 Å². The van der Waals surface area contributed by atoms with Gasteiger partial charge in [-0.25, -0.2) is 9.78 Å². The van der Waals surface area contributed by atoms with E-state index < -0.39 is 11.9 Å². The number of carbonyl (C=O) groups excluding carboxylic acids is 2. The van der Waals surface area contributed by atoms with Crippen LogP contribution in [0.2, 0.25) is 5.15 Å². The van der Waals surface area contributed by atoms with Gasteiger partial charge in [0.1, 0.15) is 17.5 Å². The van der Waals surface area contributed by atoms with Crippen LogP contribution in [0.15, 0.2) is 53.9 Å². The van der Waals surface area contributed by atoms with E-state index in [1.54, 1.807) is 44.4 Å². The number of hydrogen-bond donors (Lipinski definition) is 0. The molecule has 2 heterocycles. The van der Waals surface area contributed by atoms with E-state index in [2.05, 4.69) is 11.9 Å². The van der Waals surface area contributed by atoms with E-state index in [1.165, 1.54) is 0 Å². The van der Waals surface area contributed by atoms with Crippen LogP contribution in [0.3, 0.4) is 0 Å². The molecular weight excluding hydrogens is 456 g/mol. The molecule has 3 rings (SSSR count). The molecule has 182 valence electrons.